The molecule has 1 atom stereocenters. The van der Waals surface area contributed by atoms with Gasteiger partial charge in [0.2, 0.25) is 0 Å². The van der Waals surface area contributed by atoms with Crippen molar-refractivity contribution in [2.45, 2.75) is 25.9 Å². The molecular weight excluding hydrogens is 356 g/mol. The molecule has 0 bridgehead atoms. The van der Waals surface area contributed by atoms with E-state index in [2.05, 4.69) is 44.4 Å². The highest BCUT2D eigenvalue weighted by atomic mass is 127. The lowest BCUT2D eigenvalue weighted by molar-refractivity contribution is 0.564. The molecule has 2 aromatic rings. The maximum atomic E-state index is 13.2. The van der Waals surface area contributed by atoms with Crippen LogP contribution >= 0.6 is 22.6 Å². The molecule has 1 unspecified atom stereocenters. The van der Waals surface area contributed by atoms with E-state index in [1.54, 1.807) is 6.07 Å². The van der Waals surface area contributed by atoms with Crippen LogP contribution in [-0.2, 0) is 6.54 Å². The molecule has 0 fully saturated rings. The van der Waals surface area contributed by atoms with Crippen molar-refractivity contribution in [3.05, 3.63) is 51.4 Å². The summed E-state index contributed by atoms with van der Waals surface area (Å²) in [4.78, 5) is 4.45. The van der Waals surface area contributed by atoms with E-state index in [4.69, 9.17) is 0 Å². The molecule has 102 valence electrons. The van der Waals surface area contributed by atoms with Crippen LogP contribution in [0.2, 0.25) is 0 Å². The van der Waals surface area contributed by atoms with Gasteiger partial charge in [-0.3, -0.25) is 0 Å². The van der Waals surface area contributed by atoms with Crippen LogP contribution in [0.25, 0.3) is 0 Å². The SMILES string of the molecule is CCCn1ccnc1C(NC)c1ccc(F)cc1I. The predicted molar refractivity (Wildman–Crippen MR) is 82.5 cm³/mol. The number of imidazole rings is 1. The van der Waals surface area contributed by atoms with Crippen LogP contribution in [0, 0.1) is 9.39 Å². The van der Waals surface area contributed by atoms with Crippen molar-refractivity contribution in [3.8, 4) is 0 Å². The Hall–Kier alpha value is -0.950. The minimum Gasteiger partial charge on any atom is -0.333 e. The lowest BCUT2D eigenvalue weighted by atomic mass is 10.1. The van der Waals surface area contributed by atoms with Crippen molar-refractivity contribution >= 4 is 22.6 Å². The van der Waals surface area contributed by atoms with Crippen LogP contribution in [0.15, 0.2) is 30.6 Å². The summed E-state index contributed by atoms with van der Waals surface area (Å²) in [6.07, 6.45) is 4.85. The highest BCUT2D eigenvalue weighted by molar-refractivity contribution is 14.1. The summed E-state index contributed by atoms with van der Waals surface area (Å²) in [6.45, 7) is 3.07. The monoisotopic (exact) mass is 373 g/mol. The fourth-order valence-electron chi connectivity index (χ4n) is 2.17. The van der Waals surface area contributed by atoms with Gasteiger partial charge < -0.3 is 9.88 Å². The van der Waals surface area contributed by atoms with Gasteiger partial charge >= 0.3 is 0 Å². The molecular formula is C14H17FIN3. The van der Waals surface area contributed by atoms with E-state index >= 15 is 0 Å². The minimum atomic E-state index is -0.208. The molecule has 0 saturated heterocycles. The van der Waals surface area contributed by atoms with Crippen molar-refractivity contribution < 1.29 is 4.39 Å². The van der Waals surface area contributed by atoms with Crippen LogP contribution in [-0.4, -0.2) is 16.6 Å². The highest BCUT2D eigenvalue weighted by Crippen LogP contribution is 2.25. The summed E-state index contributed by atoms with van der Waals surface area (Å²) in [6, 6.07) is 4.85. The van der Waals surface area contributed by atoms with Gasteiger partial charge in [-0.2, -0.15) is 0 Å². The Kier molecular flexibility index (Phi) is 4.93. The van der Waals surface area contributed by atoms with Gasteiger partial charge in [0, 0.05) is 22.5 Å². The topological polar surface area (TPSA) is 29.9 Å². The Bertz CT molecular complexity index is 553. The Labute approximate surface area is 126 Å². The maximum Gasteiger partial charge on any atom is 0.130 e. The lowest BCUT2D eigenvalue weighted by Crippen LogP contribution is -2.23. The summed E-state index contributed by atoms with van der Waals surface area (Å²) in [7, 11) is 1.90. The molecule has 19 heavy (non-hydrogen) atoms. The second-order valence-corrected chi connectivity index (χ2v) is 5.53. The van der Waals surface area contributed by atoms with Crippen LogP contribution < -0.4 is 5.32 Å². The molecule has 0 aliphatic rings. The lowest BCUT2D eigenvalue weighted by Gasteiger charge is -2.19. The van der Waals surface area contributed by atoms with Gasteiger partial charge in [0.1, 0.15) is 11.6 Å². The number of benzene rings is 1. The number of aryl methyl sites for hydroxylation is 1. The standard InChI is InChI=1S/C14H17FIN3/c1-3-7-19-8-6-18-14(19)13(17-2)11-5-4-10(15)9-12(11)16/h4-6,8-9,13,17H,3,7H2,1-2H3. The first-order valence-corrected chi connectivity index (χ1v) is 7.38. The molecule has 1 heterocycles. The van der Waals surface area contributed by atoms with Gasteiger partial charge in [0.25, 0.3) is 0 Å². The summed E-state index contributed by atoms with van der Waals surface area (Å²) in [5.41, 5.74) is 1.05. The third kappa shape index (κ3) is 3.14. The van der Waals surface area contributed by atoms with Gasteiger partial charge in [-0.05, 0) is 53.8 Å². The summed E-state index contributed by atoms with van der Waals surface area (Å²) >= 11 is 2.17. The summed E-state index contributed by atoms with van der Waals surface area (Å²) in [5, 5.41) is 3.27. The number of nitrogens with zero attached hydrogens (tertiary/aromatic N) is 2. The average molecular weight is 373 g/mol. The third-order valence-corrected chi connectivity index (χ3v) is 3.97. The zero-order chi connectivity index (χ0) is 13.8. The van der Waals surface area contributed by atoms with E-state index in [1.807, 2.05) is 25.5 Å². The molecule has 0 aliphatic carbocycles. The van der Waals surface area contributed by atoms with Crippen molar-refractivity contribution in [1.82, 2.24) is 14.9 Å². The molecule has 0 spiro atoms. The molecule has 3 nitrogen and oxygen atoms in total. The second kappa shape index (κ2) is 6.47. The Morgan fingerprint density at radius 1 is 1.47 bits per heavy atom. The fraction of sp³-hybridized carbons (Fsp3) is 0.357. The van der Waals surface area contributed by atoms with Crippen molar-refractivity contribution in [2.75, 3.05) is 7.05 Å². The smallest absolute Gasteiger partial charge is 0.130 e. The molecule has 0 aliphatic heterocycles. The Morgan fingerprint density at radius 3 is 2.89 bits per heavy atom. The fourth-order valence-corrected chi connectivity index (χ4v) is 2.96. The first-order chi connectivity index (χ1) is 9.17. The normalized spacial score (nSPS) is 12.6. The summed E-state index contributed by atoms with van der Waals surface area (Å²) < 4.78 is 16.3. The quantitative estimate of drug-likeness (QED) is 0.815. The van der Waals surface area contributed by atoms with E-state index < -0.39 is 0 Å². The Balaban J connectivity index is 2.41. The van der Waals surface area contributed by atoms with E-state index in [-0.39, 0.29) is 11.9 Å². The number of nitrogens with one attached hydrogen (secondary N) is 1. The van der Waals surface area contributed by atoms with Gasteiger partial charge in [0.15, 0.2) is 0 Å². The third-order valence-electron chi connectivity index (χ3n) is 3.03. The van der Waals surface area contributed by atoms with E-state index in [0.29, 0.717) is 0 Å². The van der Waals surface area contributed by atoms with Gasteiger partial charge in [-0.1, -0.05) is 13.0 Å². The zero-order valence-corrected chi connectivity index (χ0v) is 13.2. The molecule has 5 heteroatoms. The molecule has 1 aromatic carbocycles. The van der Waals surface area contributed by atoms with Gasteiger partial charge in [-0.25, -0.2) is 9.37 Å². The number of rotatable bonds is 5. The zero-order valence-electron chi connectivity index (χ0n) is 11.0. The minimum absolute atomic E-state index is 0.0194. The van der Waals surface area contributed by atoms with E-state index in [1.165, 1.54) is 6.07 Å². The van der Waals surface area contributed by atoms with E-state index in [0.717, 1.165) is 27.9 Å². The number of halogens is 2. The highest BCUT2D eigenvalue weighted by Gasteiger charge is 2.19. The van der Waals surface area contributed by atoms with Crippen LogP contribution in [0.5, 0.6) is 0 Å². The van der Waals surface area contributed by atoms with Gasteiger partial charge in [0.05, 0.1) is 6.04 Å². The van der Waals surface area contributed by atoms with Crippen LogP contribution in [0.4, 0.5) is 4.39 Å². The summed E-state index contributed by atoms with van der Waals surface area (Å²) in [5.74, 6) is 0.758. The molecule has 2 rings (SSSR count). The molecule has 0 saturated carbocycles. The number of hydrogen-bond acceptors (Lipinski definition) is 2. The average Bonchev–Trinajstić information content (AvgIpc) is 2.82. The molecule has 0 amide bonds. The molecule has 0 radical (unpaired) electrons. The second-order valence-electron chi connectivity index (χ2n) is 4.37. The van der Waals surface area contributed by atoms with Gasteiger partial charge in [-0.15, -0.1) is 0 Å². The van der Waals surface area contributed by atoms with Crippen molar-refractivity contribution in [1.29, 1.82) is 0 Å². The van der Waals surface area contributed by atoms with Crippen LogP contribution in [0.1, 0.15) is 30.8 Å². The van der Waals surface area contributed by atoms with Crippen molar-refractivity contribution in [2.24, 2.45) is 0 Å². The number of aromatic nitrogens is 2. The first kappa shape index (κ1) is 14.5. The maximum absolute atomic E-state index is 13.2. The van der Waals surface area contributed by atoms with Crippen molar-refractivity contribution in [3.63, 3.8) is 0 Å². The van der Waals surface area contributed by atoms with E-state index in [9.17, 15) is 4.39 Å². The molecule has 1 aromatic heterocycles. The largest absolute Gasteiger partial charge is 0.333 e. The van der Waals surface area contributed by atoms with Crippen LogP contribution in [0.3, 0.4) is 0 Å². The Morgan fingerprint density at radius 2 is 2.26 bits per heavy atom. The molecule has 1 N–H and O–H groups in total. The number of hydrogen-bond donors (Lipinski definition) is 1. The predicted octanol–water partition coefficient (Wildman–Crippen LogP) is 3.35. The first-order valence-electron chi connectivity index (χ1n) is 6.30.